The van der Waals surface area contributed by atoms with Crippen molar-refractivity contribution >= 4 is 5.69 Å². The zero-order valence-electron chi connectivity index (χ0n) is 12.9. The molecule has 110 valence electrons. The first kappa shape index (κ1) is 14.2. The van der Waals surface area contributed by atoms with Crippen molar-refractivity contribution < 1.29 is 0 Å². The third-order valence-corrected chi connectivity index (χ3v) is 4.42. The molecule has 0 aliphatic carbocycles. The van der Waals surface area contributed by atoms with Crippen LogP contribution in [0.25, 0.3) is 0 Å². The Morgan fingerprint density at radius 1 is 1.14 bits per heavy atom. The maximum absolute atomic E-state index is 3.67. The lowest BCUT2D eigenvalue weighted by molar-refractivity contribution is 0.572. The summed E-state index contributed by atoms with van der Waals surface area (Å²) < 4.78 is 0. The van der Waals surface area contributed by atoms with Crippen molar-refractivity contribution in [1.29, 1.82) is 0 Å². The van der Waals surface area contributed by atoms with E-state index in [1.54, 1.807) is 0 Å². The molecule has 2 nitrogen and oxygen atoms in total. The number of anilines is 1. The molecule has 21 heavy (non-hydrogen) atoms. The zero-order valence-corrected chi connectivity index (χ0v) is 12.9. The van der Waals surface area contributed by atoms with Crippen molar-refractivity contribution in [3.8, 4) is 0 Å². The quantitative estimate of drug-likeness (QED) is 0.877. The molecule has 0 spiro atoms. The fourth-order valence-electron chi connectivity index (χ4n) is 3.17. The second kappa shape index (κ2) is 6.31. The van der Waals surface area contributed by atoms with Crippen LogP contribution in [-0.2, 0) is 13.0 Å². The number of aryl methyl sites for hydroxylation is 2. The van der Waals surface area contributed by atoms with Crippen LogP contribution in [0.1, 0.15) is 41.6 Å². The molecule has 0 saturated heterocycles. The van der Waals surface area contributed by atoms with Crippen LogP contribution in [0.3, 0.4) is 0 Å². The van der Waals surface area contributed by atoms with Crippen molar-refractivity contribution in [1.82, 2.24) is 5.32 Å². The van der Waals surface area contributed by atoms with E-state index < -0.39 is 0 Å². The molecule has 0 unspecified atom stereocenters. The van der Waals surface area contributed by atoms with Gasteiger partial charge in [-0.2, -0.15) is 0 Å². The molecule has 2 aromatic carbocycles. The Morgan fingerprint density at radius 3 is 2.86 bits per heavy atom. The smallest absolute Gasteiger partial charge is 0.0418 e. The SMILES string of the molecule is Cc1ccccc1[C@H](C)NCc1cccc2c1NCCC2. The fraction of sp³-hybridized carbons (Fsp3) is 0.368. The third-order valence-electron chi connectivity index (χ3n) is 4.42. The molecule has 0 amide bonds. The zero-order chi connectivity index (χ0) is 14.7. The molecule has 1 heterocycles. The predicted octanol–water partition coefficient (Wildman–Crippen LogP) is 4.20. The van der Waals surface area contributed by atoms with Crippen molar-refractivity contribution in [2.24, 2.45) is 0 Å². The van der Waals surface area contributed by atoms with E-state index in [1.165, 1.54) is 40.8 Å². The van der Waals surface area contributed by atoms with Gasteiger partial charge >= 0.3 is 0 Å². The van der Waals surface area contributed by atoms with Gasteiger partial charge in [0.1, 0.15) is 0 Å². The van der Waals surface area contributed by atoms with Gasteiger partial charge in [0.05, 0.1) is 0 Å². The highest BCUT2D eigenvalue weighted by Crippen LogP contribution is 2.26. The summed E-state index contributed by atoms with van der Waals surface area (Å²) in [6.07, 6.45) is 2.44. The second-order valence-corrected chi connectivity index (χ2v) is 5.94. The summed E-state index contributed by atoms with van der Waals surface area (Å²) in [6.45, 7) is 6.42. The maximum atomic E-state index is 3.67. The minimum Gasteiger partial charge on any atom is -0.385 e. The fourth-order valence-corrected chi connectivity index (χ4v) is 3.17. The van der Waals surface area contributed by atoms with Crippen LogP contribution in [0.5, 0.6) is 0 Å². The molecule has 3 rings (SSSR count). The summed E-state index contributed by atoms with van der Waals surface area (Å²) in [5, 5.41) is 7.23. The molecule has 1 aliphatic rings. The van der Waals surface area contributed by atoms with E-state index in [4.69, 9.17) is 0 Å². The maximum Gasteiger partial charge on any atom is 0.0418 e. The molecule has 1 atom stereocenters. The van der Waals surface area contributed by atoms with Gasteiger partial charge in [0, 0.05) is 24.8 Å². The van der Waals surface area contributed by atoms with Gasteiger partial charge in [-0.3, -0.25) is 0 Å². The summed E-state index contributed by atoms with van der Waals surface area (Å²) in [4.78, 5) is 0. The first-order chi connectivity index (χ1) is 10.3. The van der Waals surface area contributed by atoms with Gasteiger partial charge in [0.2, 0.25) is 0 Å². The van der Waals surface area contributed by atoms with Gasteiger partial charge in [-0.05, 0) is 48.9 Å². The van der Waals surface area contributed by atoms with Crippen LogP contribution in [-0.4, -0.2) is 6.54 Å². The van der Waals surface area contributed by atoms with Gasteiger partial charge in [0.25, 0.3) is 0 Å². The second-order valence-electron chi connectivity index (χ2n) is 5.94. The summed E-state index contributed by atoms with van der Waals surface area (Å²) in [5.74, 6) is 0. The molecule has 2 N–H and O–H groups in total. The summed E-state index contributed by atoms with van der Waals surface area (Å²) in [6, 6.07) is 15.6. The molecule has 0 aromatic heterocycles. The van der Waals surface area contributed by atoms with E-state index in [0.717, 1.165) is 13.1 Å². The Balaban J connectivity index is 1.72. The van der Waals surface area contributed by atoms with Gasteiger partial charge in [0.15, 0.2) is 0 Å². The molecule has 0 saturated carbocycles. The standard InChI is InChI=1S/C19H24N2/c1-14-7-3-4-11-18(14)15(2)21-13-17-9-5-8-16-10-6-12-20-19(16)17/h3-5,7-9,11,15,20-21H,6,10,12-13H2,1-2H3/t15-/m0/s1. The normalized spacial score (nSPS) is 15.1. The van der Waals surface area contributed by atoms with Crippen LogP contribution < -0.4 is 10.6 Å². The summed E-state index contributed by atoms with van der Waals surface area (Å²) in [5.41, 5.74) is 6.94. The van der Waals surface area contributed by atoms with Gasteiger partial charge in [-0.15, -0.1) is 0 Å². The number of benzene rings is 2. The van der Waals surface area contributed by atoms with Crippen molar-refractivity contribution in [2.75, 3.05) is 11.9 Å². The molecular formula is C19H24N2. The highest BCUT2D eigenvalue weighted by Gasteiger charge is 2.13. The molecule has 2 heteroatoms. The van der Waals surface area contributed by atoms with Gasteiger partial charge < -0.3 is 10.6 Å². The van der Waals surface area contributed by atoms with Gasteiger partial charge in [-0.25, -0.2) is 0 Å². The topological polar surface area (TPSA) is 24.1 Å². The Hall–Kier alpha value is -1.80. The number of hydrogen-bond donors (Lipinski definition) is 2. The highest BCUT2D eigenvalue weighted by atomic mass is 14.9. The third kappa shape index (κ3) is 3.11. The van der Waals surface area contributed by atoms with Crippen LogP contribution in [0, 0.1) is 6.92 Å². The van der Waals surface area contributed by atoms with Crippen LogP contribution >= 0.6 is 0 Å². The van der Waals surface area contributed by atoms with Crippen molar-refractivity contribution in [3.05, 3.63) is 64.7 Å². The lowest BCUT2D eigenvalue weighted by atomic mass is 9.98. The first-order valence-electron chi connectivity index (χ1n) is 7.89. The van der Waals surface area contributed by atoms with E-state index in [0.29, 0.717) is 6.04 Å². The number of nitrogens with one attached hydrogen (secondary N) is 2. The molecule has 0 radical (unpaired) electrons. The monoisotopic (exact) mass is 280 g/mol. The van der Waals surface area contributed by atoms with Crippen molar-refractivity contribution in [2.45, 2.75) is 39.3 Å². The van der Waals surface area contributed by atoms with Crippen LogP contribution in [0.2, 0.25) is 0 Å². The van der Waals surface area contributed by atoms with E-state index in [2.05, 4.69) is 66.9 Å². The number of rotatable bonds is 4. The van der Waals surface area contributed by atoms with E-state index in [9.17, 15) is 0 Å². The first-order valence-corrected chi connectivity index (χ1v) is 7.89. The van der Waals surface area contributed by atoms with E-state index in [1.807, 2.05) is 0 Å². The Morgan fingerprint density at radius 2 is 2.00 bits per heavy atom. The number of para-hydroxylation sites is 1. The highest BCUT2D eigenvalue weighted by molar-refractivity contribution is 5.59. The average molecular weight is 280 g/mol. The van der Waals surface area contributed by atoms with Crippen LogP contribution in [0.4, 0.5) is 5.69 Å². The van der Waals surface area contributed by atoms with Crippen molar-refractivity contribution in [3.63, 3.8) is 0 Å². The van der Waals surface area contributed by atoms with Gasteiger partial charge in [-0.1, -0.05) is 42.5 Å². The molecule has 0 fully saturated rings. The summed E-state index contributed by atoms with van der Waals surface area (Å²) in [7, 11) is 0. The molecule has 0 bridgehead atoms. The van der Waals surface area contributed by atoms with E-state index >= 15 is 0 Å². The average Bonchev–Trinajstić information content (AvgIpc) is 2.53. The number of hydrogen-bond acceptors (Lipinski definition) is 2. The summed E-state index contributed by atoms with van der Waals surface area (Å²) >= 11 is 0. The Kier molecular flexibility index (Phi) is 4.26. The lowest BCUT2D eigenvalue weighted by Gasteiger charge is -2.23. The lowest BCUT2D eigenvalue weighted by Crippen LogP contribution is -2.21. The largest absolute Gasteiger partial charge is 0.385 e. The Labute approximate surface area is 127 Å². The van der Waals surface area contributed by atoms with E-state index in [-0.39, 0.29) is 0 Å². The number of fused-ring (bicyclic) bond motifs is 1. The predicted molar refractivity (Wildman–Crippen MR) is 89.7 cm³/mol. The molecule has 1 aliphatic heterocycles. The molecular weight excluding hydrogens is 256 g/mol. The van der Waals surface area contributed by atoms with Crippen LogP contribution in [0.15, 0.2) is 42.5 Å². The Bertz CT molecular complexity index is 619. The minimum atomic E-state index is 0.366. The minimum absolute atomic E-state index is 0.366. The molecule has 2 aromatic rings.